The summed E-state index contributed by atoms with van der Waals surface area (Å²) in [6.07, 6.45) is 4.17. The van der Waals surface area contributed by atoms with E-state index in [1.807, 2.05) is 36.2 Å². The third-order valence-corrected chi connectivity index (χ3v) is 4.00. The number of nitrogens with zero attached hydrogens (tertiary/aromatic N) is 1. The summed E-state index contributed by atoms with van der Waals surface area (Å²) in [6.45, 7) is 2.10. The molecule has 0 aromatic heterocycles. The maximum atomic E-state index is 12.1. The number of amides is 1. The molecular formula is C15H22N2O. The molecule has 0 spiro atoms. The molecule has 1 amide bonds. The molecule has 3 nitrogen and oxygen atoms in total. The van der Waals surface area contributed by atoms with Gasteiger partial charge in [0.2, 0.25) is 5.91 Å². The first-order chi connectivity index (χ1) is 8.58. The highest BCUT2D eigenvalue weighted by atomic mass is 16.2. The molecule has 1 aliphatic rings. The molecule has 0 radical (unpaired) electrons. The van der Waals surface area contributed by atoms with Crippen LogP contribution in [0.5, 0.6) is 0 Å². The number of rotatable bonds is 4. The van der Waals surface area contributed by atoms with Gasteiger partial charge in [-0.15, -0.1) is 0 Å². The van der Waals surface area contributed by atoms with Gasteiger partial charge in [-0.1, -0.05) is 19.1 Å². The monoisotopic (exact) mass is 246 g/mol. The largest absolute Gasteiger partial charge is 0.399 e. The minimum absolute atomic E-state index is 0.251. The quantitative estimate of drug-likeness (QED) is 0.830. The van der Waals surface area contributed by atoms with Gasteiger partial charge >= 0.3 is 0 Å². The molecule has 18 heavy (non-hydrogen) atoms. The summed E-state index contributed by atoms with van der Waals surface area (Å²) in [4.78, 5) is 14.1. The molecule has 1 unspecified atom stereocenters. The van der Waals surface area contributed by atoms with Crippen LogP contribution in [0.25, 0.3) is 0 Å². The average molecular weight is 246 g/mol. The first-order valence-corrected chi connectivity index (χ1v) is 6.69. The van der Waals surface area contributed by atoms with E-state index in [2.05, 4.69) is 6.92 Å². The molecule has 0 heterocycles. The Kier molecular flexibility index (Phi) is 3.90. The number of benzene rings is 1. The third kappa shape index (κ3) is 2.84. The van der Waals surface area contributed by atoms with Crippen molar-refractivity contribution >= 4 is 11.6 Å². The topological polar surface area (TPSA) is 46.3 Å². The Labute approximate surface area is 109 Å². The lowest BCUT2D eigenvalue weighted by molar-refractivity contribution is -0.133. The standard InChI is InChI=1S/C15H22N2O/c1-11(12-6-8-13(16)9-7-12)10-15(18)17(2)14-4-3-5-14/h6-9,11,14H,3-5,10,16H2,1-2H3. The number of carbonyl (C=O) groups is 1. The molecule has 0 aliphatic heterocycles. The van der Waals surface area contributed by atoms with Gasteiger partial charge in [0.1, 0.15) is 0 Å². The molecule has 1 saturated carbocycles. The van der Waals surface area contributed by atoms with Crippen molar-refractivity contribution in [2.45, 2.75) is 44.6 Å². The SMILES string of the molecule is CC(CC(=O)N(C)C1CCC1)c1ccc(N)cc1. The van der Waals surface area contributed by atoms with Crippen molar-refractivity contribution in [1.82, 2.24) is 4.90 Å². The molecule has 1 aliphatic carbocycles. The van der Waals surface area contributed by atoms with Crippen LogP contribution in [0.2, 0.25) is 0 Å². The van der Waals surface area contributed by atoms with Crippen LogP contribution in [0, 0.1) is 0 Å². The fourth-order valence-electron chi connectivity index (χ4n) is 2.33. The number of carbonyl (C=O) groups excluding carboxylic acids is 1. The summed E-state index contributed by atoms with van der Waals surface area (Å²) < 4.78 is 0. The van der Waals surface area contributed by atoms with Crippen molar-refractivity contribution < 1.29 is 4.79 Å². The second-order valence-corrected chi connectivity index (χ2v) is 5.36. The van der Waals surface area contributed by atoms with Crippen LogP contribution in [0.1, 0.15) is 44.1 Å². The van der Waals surface area contributed by atoms with Gasteiger partial charge in [-0.25, -0.2) is 0 Å². The first kappa shape index (κ1) is 12.9. The Morgan fingerprint density at radius 1 is 1.39 bits per heavy atom. The zero-order chi connectivity index (χ0) is 13.1. The minimum Gasteiger partial charge on any atom is -0.399 e. The molecule has 2 N–H and O–H groups in total. The van der Waals surface area contributed by atoms with E-state index in [-0.39, 0.29) is 11.8 Å². The zero-order valence-corrected chi connectivity index (χ0v) is 11.2. The average Bonchev–Trinajstić information content (AvgIpc) is 2.27. The number of anilines is 1. The van der Waals surface area contributed by atoms with E-state index in [0.29, 0.717) is 12.5 Å². The van der Waals surface area contributed by atoms with Crippen molar-refractivity contribution in [3.63, 3.8) is 0 Å². The highest BCUT2D eigenvalue weighted by Crippen LogP contribution is 2.26. The van der Waals surface area contributed by atoms with Crippen LogP contribution in [0.15, 0.2) is 24.3 Å². The highest BCUT2D eigenvalue weighted by molar-refractivity contribution is 5.77. The summed E-state index contributed by atoms with van der Waals surface area (Å²) in [7, 11) is 1.93. The van der Waals surface area contributed by atoms with Crippen LogP contribution in [0.4, 0.5) is 5.69 Å². The van der Waals surface area contributed by atoms with E-state index in [9.17, 15) is 4.79 Å². The van der Waals surface area contributed by atoms with E-state index in [1.165, 1.54) is 24.8 Å². The summed E-state index contributed by atoms with van der Waals surface area (Å²) in [5, 5.41) is 0. The maximum absolute atomic E-state index is 12.1. The lowest BCUT2D eigenvalue weighted by Gasteiger charge is -2.35. The molecule has 0 bridgehead atoms. The second-order valence-electron chi connectivity index (χ2n) is 5.36. The molecule has 1 fully saturated rings. The van der Waals surface area contributed by atoms with Gasteiger partial charge in [0.15, 0.2) is 0 Å². The van der Waals surface area contributed by atoms with Gasteiger partial charge in [-0.2, -0.15) is 0 Å². The summed E-state index contributed by atoms with van der Waals surface area (Å²) in [5.41, 5.74) is 7.61. The van der Waals surface area contributed by atoms with Crippen molar-refractivity contribution in [2.24, 2.45) is 0 Å². The Morgan fingerprint density at radius 3 is 2.50 bits per heavy atom. The predicted molar refractivity (Wildman–Crippen MR) is 74.3 cm³/mol. The van der Waals surface area contributed by atoms with Gasteiger partial charge in [-0.05, 0) is 42.9 Å². The smallest absolute Gasteiger partial charge is 0.223 e. The number of hydrogen-bond donors (Lipinski definition) is 1. The highest BCUT2D eigenvalue weighted by Gasteiger charge is 2.26. The van der Waals surface area contributed by atoms with E-state index in [1.54, 1.807) is 0 Å². The minimum atomic E-state index is 0.251. The van der Waals surface area contributed by atoms with Crippen LogP contribution in [-0.2, 0) is 4.79 Å². The van der Waals surface area contributed by atoms with Crippen molar-refractivity contribution in [2.75, 3.05) is 12.8 Å². The summed E-state index contributed by atoms with van der Waals surface area (Å²) >= 11 is 0. The molecule has 98 valence electrons. The van der Waals surface area contributed by atoms with Gasteiger partial charge in [0, 0.05) is 25.2 Å². The molecule has 1 aromatic rings. The van der Waals surface area contributed by atoms with Crippen LogP contribution < -0.4 is 5.73 Å². The van der Waals surface area contributed by atoms with Crippen LogP contribution >= 0.6 is 0 Å². The fraction of sp³-hybridized carbons (Fsp3) is 0.533. The lowest BCUT2D eigenvalue weighted by atomic mass is 9.90. The van der Waals surface area contributed by atoms with Crippen LogP contribution in [-0.4, -0.2) is 23.9 Å². The van der Waals surface area contributed by atoms with Gasteiger partial charge in [0.05, 0.1) is 0 Å². The van der Waals surface area contributed by atoms with Crippen LogP contribution in [0.3, 0.4) is 0 Å². The number of nitrogens with two attached hydrogens (primary N) is 1. The fourth-order valence-corrected chi connectivity index (χ4v) is 2.33. The predicted octanol–water partition coefficient (Wildman–Crippen LogP) is 2.77. The zero-order valence-electron chi connectivity index (χ0n) is 11.2. The van der Waals surface area contributed by atoms with E-state index in [4.69, 9.17) is 5.73 Å². The Balaban J connectivity index is 1.91. The van der Waals surface area contributed by atoms with Crippen molar-refractivity contribution in [3.8, 4) is 0 Å². The molecule has 2 rings (SSSR count). The molecular weight excluding hydrogens is 224 g/mol. The van der Waals surface area contributed by atoms with Gasteiger partial charge in [0.25, 0.3) is 0 Å². The molecule has 0 saturated heterocycles. The third-order valence-electron chi connectivity index (χ3n) is 4.00. The Hall–Kier alpha value is -1.51. The maximum Gasteiger partial charge on any atom is 0.223 e. The summed E-state index contributed by atoms with van der Waals surface area (Å²) in [6, 6.07) is 8.29. The van der Waals surface area contributed by atoms with E-state index < -0.39 is 0 Å². The first-order valence-electron chi connectivity index (χ1n) is 6.69. The normalized spacial score (nSPS) is 17.0. The van der Waals surface area contributed by atoms with Crippen molar-refractivity contribution in [1.29, 1.82) is 0 Å². The molecule has 3 heteroatoms. The van der Waals surface area contributed by atoms with Gasteiger partial charge in [-0.3, -0.25) is 4.79 Å². The molecule has 1 aromatic carbocycles. The molecule has 1 atom stereocenters. The Bertz CT molecular complexity index is 409. The second kappa shape index (κ2) is 5.42. The lowest BCUT2D eigenvalue weighted by Crippen LogP contribution is -2.41. The van der Waals surface area contributed by atoms with Crippen molar-refractivity contribution in [3.05, 3.63) is 29.8 Å². The van der Waals surface area contributed by atoms with E-state index >= 15 is 0 Å². The van der Waals surface area contributed by atoms with Gasteiger partial charge < -0.3 is 10.6 Å². The van der Waals surface area contributed by atoms with E-state index in [0.717, 1.165) is 5.69 Å². The number of hydrogen-bond acceptors (Lipinski definition) is 2. The Morgan fingerprint density at radius 2 is 2.00 bits per heavy atom. The number of nitrogen functional groups attached to an aromatic ring is 1. The summed E-state index contributed by atoms with van der Waals surface area (Å²) in [5.74, 6) is 0.504.